The largest absolute Gasteiger partial charge is 0.368 e. The number of nitrogens with one attached hydrogen (secondary N) is 1. The van der Waals surface area contributed by atoms with Crippen LogP contribution in [-0.4, -0.2) is 17.1 Å². The summed E-state index contributed by atoms with van der Waals surface area (Å²) in [6.45, 7) is 2.61. The van der Waals surface area contributed by atoms with Crippen LogP contribution >= 0.6 is 0 Å². The van der Waals surface area contributed by atoms with Crippen molar-refractivity contribution in [1.82, 2.24) is 4.98 Å². The first-order valence-electron chi connectivity index (χ1n) is 6.53. The SMILES string of the molecule is Cc1nc(NCC2(N)CCCCC2)ccc1C#N. The molecule has 0 atom stereocenters. The molecule has 0 unspecified atom stereocenters. The minimum atomic E-state index is -0.0955. The van der Waals surface area contributed by atoms with Crippen molar-refractivity contribution in [3.63, 3.8) is 0 Å². The van der Waals surface area contributed by atoms with E-state index in [0.717, 1.165) is 30.9 Å². The van der Waals surface area contributed by atoms with Crippen LogP contribution in [0.1, 0.15) is 43.4 Å². The van der Waals surface area contributed by atoms with Crippen molar-refractivity contribution >= 4 is 5.82 Å². The average Bonchev–Trinajstić information content (AvgIpc) is 2.38. The number of nitriles is 1. The highest BCUT2D eigenvalue weighted by Gasteiger charge is 2.27. The number of nitrogens with two attached hydrogens (primary N) is 1. The molecule has 0 aromatic carbocycles. The number of anilines is 1. The lowest BCUT2D eigenvalue weighted by Gasteiger charge is -2.33. The van der Waals surface area contributed by atoms with Crippen LogP contribution in [-0.2, 0) is 0 Å². The van der Waals surface area contributed by atoms with E-state index in [1.807, 2.05) is 13.0 Å². The van der Waals surface area contributed by atoms with Crippen molar-refractivity contribution in [1.29, 1.82) is 5.26 Å². The van der Waals surface area contributed by atoms with Crippen LogP contribution in [0, 0.1) is 18.3 Å². The Morgan fingerprint density at radius 3 is 2.72 bits per heavy atom. The summed E-state index contributed by atoms with van der Waals surface area (Å²) >= 11 is 0. The van der Waals surface area contributed by atoms with Gasteiger partial charge in [-0.3, -0.25) is 0 Å². The second kappa shape index (κ2) is 5.36. The molecule has 0 radical (unpaired) electrons. The zero-order chi connectivity index (χ0) is 13.0. The van der Waals surface area contributed by atoms with Gasteiger partial charge in [-0.05, 0) is 31.9 Å². The summed E-state index contributed by atoms with van der Waals surface area (Å²) in [5.41, 5.74) is 7.65. The van der Waals surface area contributed by atoms with Gasteiger partial charge in [0.2, 0.25) is 0 Å². The Hall–Kier alpha value is -1.60. The molecule has 4 heteroatoms. The van der Waals surface area contributed by atoms with E-state index < -0.39 is 0 Å². The van der Waals surface area contributed by atoms with Gasteiger partial charge in [0.1, 0.15) is 11.9 Å². The third kappa shape index (κ3) is 2.99. The van der Waals surface area contributed by atoms with Crippen molar-refractivity contribution in [3.8, 4) is 6.07 Å². The Bertz CT molecular complexity index is 455. The molecule has 0 amide bonds. The van der Waals surface area contributed by atoms with E-state index in [9.17, 15) is 0 Å². The quantitative estimate of drug-likeness (QED) is 0.855. The summed E-state index contributed by atoms with van der Waals surface area (Å²) in [7, 11) is 0. The molecule has 0 bridgehead atoms. The minimum Gasteiger partial charge on any atom is -0.368 e. The number of hydrogen-bond acceptors (Lipinski definition) is 4. The molecule has 96 valence electrons. The van der Waals surface area contributed by atoms with Gasteiger partial charge in [-0.25, -0.2) is 4.98 Å². The fourth-order valence-electron chi connectivity index (χ4n) is 2.48. The Morgan fingerprint density at radius 2 is 2.11 bits per heavy atom. The summed E-state index contributed by atoms with van der Waals surface area (Å²) in [4.78, 5) is 4.37. The molecule has 18 heavy (non-hydrogen) atoms. The van der Waals surface area contributed by atoms with Crippen LogP contribution in [0.3, 0.4) is 0 Å². The molecule has 1 aliphatic carbocycles. The topological polar surface area (TPSA) is 74.7 Å². The molecule has 1 aliphatic rings. The highest BCUT2D eigenvalue weighted by molar-refractivity contribution is 5.43. The smallest absolute Gasteiger partial charge is 0.126 e. The van der Waals surface area contributed by atoms with Crippen molar-refractivity contribution in [2.45, 2.75) is 44.6 Å². The monoisotopic (exact) mass is 244 g/mol. The molecule has 1 fully saturated rings. The molecular weight excluding hydrogens is 224 g/mol. The van der Waals surface area contributed by atoms with Gasteiger partial charge in [0.05, 0.1) is 11.3 Å². The molecular formula is C14H20N4. The Morgan fingerprint density at radius 1 is 1.39 bits per heavy atom. The lowest BCUT2D eigenvalue weighted by molar-refractivity contribution is 0.311. The van der Waals surface area contributed by atoms with Crippen LogP contribution in [0.15, 0.2) is 12.1 Å². The van der Waals surface area contributed by atoms with E-state index >= 15 is 0 Å². The predicted octanol–water partition coefficient (Wildman–Crippen LogP) is 2.34. The van der Waals surface area contributed by atoms with Crippen LogP contribution in [0.5, 0.6) is 0 Å². The first-order chi connectivity index (χ1) is 8.63. The third-order valence-electron chi connectivity index (χ3n) is 3.68. The zero-order valence-electron chi connectivity index (χ0n) is 10.9. The summed E-state index contributed by atoms with van der Waals surface area (Å²) in [5.74, 6) is 0.807. The second-order valence-corrected chi connectivity index (χ2v) is 5.22. The van der Waals surface area contributed by atoms with Gasteiger partial charge in [0, 0.05) is 12.1 Å². The zero-order valence-corrected chi connectivity index (χ0v) is 10.9. The summed E-state index contributed by atoms with van der Waals surface area (Å²) in [6, 6.07) is 5.77. The summed E-state index contributed by atoms with van der Waals surface area (Å²) < 4.78 is 0. The minimum absolute atomic E-state index is 0.0955. The van der Waals surface area contributed by atoms with E-state index in [2.05, 4.69) is 16.4 Å². The second-order valence-electron chi connectivity index (χ2n) is 5.22. The van der Waals surface area contributed by atoms with Gasteiger partial charge in [0.25, 0.3) is 0 Å². The van der Waals surface area contributed by atoms with Crippen LogP contribution in [0.2, 0.25) is 0 Å². The highest BCUT2D eigenvalue weighted by atomic mass is 15.0. The van der Waals surface area contributed by atoms with Crippen molar-refractivity contribution in [2.75, 3.05) is 11.9 Å². The highest BCUT2D eigenvalue weighted by Crippen LogP contribution is 2.26. The number of aromatic nitrogens is 1. The molecule has 1 aromatic rings. The van der Waals surface area contributed by atoms with E-state index in [1.165, 1.54) is 19.3 Å². The first-order valence-corrected chi connectivity index (χ1v) is 6.53. The molecule has 1 aromatic heterocycles. The Labute approximate surface area is 108 Å². The van der Waals surface area contributed by atoms with Crippen molar-refractivity contribution in [3.05, 3.63) is 23.4 Å². The fourth-order valence-corrected chi connectivity index (χ4v) is 2.48. The maximum absolute atomic E-state index is 8.85. The number of pyridine rings is 1. The van der Waals surface area contributed by atoms with Crippen molar-refractivity contribution in [2.24, 2.45) is 5.73 Å². The number of hydrogen-bond donors (Lipinski definition) is 2. The molecule has 0 aliphatic heterocycles. The van der Waals surface area contributed by atoms with Gasteiger partial charge in [-0.2, -0.15) is 5.26 Å². The van der Waals surface area contributed by atoms with E-state index in [4.69, 9.17) is 11.0 Å². The molecule has 4 nitrogen and oxygen atoms in total. The third-order valence-corrected chi connectivity index (χ3v) is 3.68. The summed E-state index contributed by atoms with van der Waals surface area (Å²) in [6.07, 6.45) is 5.90. The average molecular weight is 244 g/mol. The molecule has 0 spiro atoms. The molecule has 1 heterocycles. The molecule has 3 N–H and O–H groups in total. The number of nitrogens with zero attached hydrogens (tertiary/aromatic N) is 2. The maximum atomic E-state index is 8.85. The van der Waals surface area contributed by atoms with Gasteiger partial charge in [0.15, 0.2) is 0 Å². The normalized spacial score (nSPS) is 18.1. The number of rotatable bonds is 3. The molecule has 0 saturated heterocycles. The van der Waals surface area contributed by atoms with Crippen LogP contribution in [0.4, 0.5) is 5.82 Å². The van der Waals surface area contributed by atoms with Crippen LogP contribution < -0.4 is 11.1 Å². The van der Waals surface area contributed by atoms with Gasteiger partial charge in [-0.1, -0.05) is 19.3 Å². The summed E-state index contributed by atoms with van der Waals surface area (Å²) in [5, 5.41) is 12.2. The van der Waals surface area contributed by atoms with Crippen LogP contribution in [0.25, 0.3) is 0 Å². The first kappa shape index (κ1) is 12.8. The lowest BCUT2D eigenvalue weighted by Crippen LogP contribution is -2.47. The maximum Gasteiger partial charge on any atom is 0.126 e. The Balaban J connectivity index is 1.98. The van der Waals surface area contributed by atoms with E-state index in [1.54, 1.807) is 6.07 Å². The van der Waals surface area contributed by atoms with E-state index in [0.29, 0.717) is 5.56 Å². The van der Waals surface area contributed by atoms with Gasteiger partial charge in [-0.15, -0.1) is 0 Å². The van der Waals surface area contributed by atoms with E-state index in [-0.39, 0.29) is 5.54 Å². The standard InChI is InChI=1S/C14H20N4/c1-11-12(9-15)5-6-13(18-11)17-10-14(16)7-3-2-4-8-14/h5-6H,2-4,7-8,10,16H2,1H3,(H,17,18). The predicted molar refractivity (Wildman–Crippen MR) is 72.2 cm³/mol. The molecule has 2 rings (SSSR count). The fraction of sp³-hybridized carbons (Fsp3) is 0.571. The van der Waals surface area contributed by atoms with Gasteiger partial charge >= 0.3 is 0 Å². The van der Waals surface area contributed by atoms with Crippen molar-refractivity contribution < 1.29 is 0 Å². The molecule has 1 saturated carbocycles. The van der Waals surface area contributed by atoms with Gasteiger partial charge < -0.3 is 11.1 Å². The number of aryl methyl sites for hydroxylation is 1. The lowest BCUT2D eigenvalue weighted by atomic mass is 9.82. The Kier molecular flexibility index (Phi) is 3.83.